The van der Waals surface area contributed by atoms with Crippen LogP contribution in [0.5, 0.6) is 0 Å². The summed E-state index contributed by atoms with van der Waals surface area (Å²) in [5.74, 6) is 0. The fourth-order valence-corrected chi connectivity index (χ4v) is 2.19. The summed E-state index contributed by atoms with van der Waals surface area (Å²) in [5, 5.41) is 0.503. The lowest BCUT2D eigenvalue weighted by Gasteiger charge is -2.15. The van der Waals surface area contributed by atoms with E-state index in [4.69, 9.17) is 11.6 Å². The van der Waals surface area contributed by atoms with Crippen molar-refractivity contribution in [3.05, 3.63) is 47.5 Å². The first-order valence-corrected chi connectivity index (χ1v) is 5.45. The minimum Gasteiger partial charge on any atom is -0.208 e. The lowest BCUT2D eigenvalue weighted by molar-refractivity contribution is 0.143. The standard InChI is InChI=1S/C13H11ClF2/c1-8-6-7-9-4-2-3-5-10(9)11(8)12(14)13(15)16/h2-7,12-13H,1H3. The van der Waals surface area contributed by atoms with E-state index in [0.717, 1.165) is 16.3 Å². The van der Waals surface area contributed by atoms with E-state index in [0.29, 0.717) is 5.56 Å². The lowest BCUT2D eigenvalue weighted by Crippen LogP contribution is -2.04. The van der Waals surface area contributed by atoms with Gasteiger partial charge in [0, 0.05) is 0 Å². The first kappa shape index (κ1) is 11.3. The molecule has 0 saturated heterocycles. The molecule has 0 bridgehead atoms. The van der Waals surface area contributed by atoms with Gasteiger partial charge in [-0.2, -0.15) is 0 Å². The van der Waals surface area contributed by atoms with Gasteiger partial charge in [-0.15, -0.1) is 11.6 Å². The van der Waals surface area contributed by atoms with Crippen LogP contribution in [0.3, 0.4) is 0 Å². The highest BCUT2D eigenvalue weighted by Gasteiger charge is 2.23. The molecule has 0 spiro atoms. The van der Waals surface area contributed by atoms with Crippen LogP contribution in [-0.4, -0.2) is 6.43 Å². The molecule has 0 fully saturated rings. The number of alkyl halides is 3. The molecule has 0 heterocycles. The van der Waals surface area contributed by atoms with Crippen molar-refractivity contribution in [2.45, 2.75) is 18.7 Å². The molecular formula is C13H11ClF2. The van der Waals surface area contributed by atoms with E-state index in [1.165, 1.54) is 0 Å². The molecule has 2 aromatic rings. The van der Waals surface area contributed by atoms with E-state index < -0.39 is 11.8 Å². The summed E-state index contributed by atoms with van der Waals surface area (Å²) in [6, 6.07) is 11.2. The molecule has 1 atom stereocenters. The monoisotopic (exact) mass is 240 g/mol. The van der Waals surface area contributed by atoms with Crippen molar-refractivity contribution < 1.29 is 8.78 Å². The number of hydrogen-bond acceptors (Lipinski definition) is 0. The number of hydrogen-bond donors (Lipinski definition) is 0. The Bertz CT molecular complexity index is 508. The van der Waals surface area contributed by atoms with Crippen molar-refractivity contribution in [1.29, 1.82) is 0 Å². The summed E-state index contributed by atoms with van der Waals surface area (Å²) in [4.78, 5) is 0. The fraction of sp³-hybridized carbons (Fsp3) is 0.231. The Labute approximate surface area is 97.8 Å². The van der Waals surface area contributed by atoms with Gasteiger partial charge in [0.05, 0.1) is 0 Å². The SMILES string of the molecule is Cc1ccc2ccccc2c1C(Cl)C(F)F. The van der Waals surface area contributed by atoms with Crippen LogP contribution in [0.15, 0.2) is 36.4 Å². The number of halogens is 3. The van der Waals surface area contributed by atoms with E-state index in [9.17, 15) is 8.78 Å². The van der Waals surface area contributed by atoms with Crippen LogP contribution in [0, 0.1) is 6.92 Å². The Morgan fingerprint density at radius 3 is 2.44 bits per heavy atom. The molecule has 0 amide bonds. The quantitative estimate of drug-likeness (QED) is 0.668. The zero-order valence-electron chi connectivity index (χ0n) is 8.75. The van der Waals surface area contributed by atoms with Gasteiger partial charge in [-0.25, -0.2) is 8.78 Å². The van der Waals surface area contributed by atoms with Gasteiger partial charge in [0.15, 0.2) is 0 Å². The molecule has 2 aromatic carbocycles. The third-order valence-electron chi connectivity index (χ3n) is 2.69. The predicted octanol–water partition coefficient (Wildman–Crippen LogP) is 4.69. The molecule has 0 aliphatic carbocycles. The van der Waals surface area contributed by atoms with Gasteiger partial charge >= 0.3 is 0 Å². The molecule has 3 heteroatoms. The predicted molar refractivity (Wildman–Crippen MR) is 63.3 cm³/mol. The average molecular weight is 241 g/mol. The first-order valence-electron chi connectivity index (χ1n) is 5.01. The van der Waals surface area contributed by atoms with Crippen LogP contribution < -0.4 is 0 Å². The third-order valence-corrected chi connectivity index (χ3v) is 3.09. The second-order valence-corrected chi connectivity index (χ2v) is 4.22. The molecule has 0 aliphatic rings. The fourth-order valence-electron chi connectivity index (χ4n) is 1.90. The van der Waals surface area contributed by atoms with Crippen LogP contribution in [-0.2, 0) is 0 Å². The van der Waals surface area contributed by atoms with Crippen LogP contribution in [0.2, 0.25) is 0 Å². The summed E-state index contributed by atoms with van der Waals surface area (Å²) in [5.41, 5.74) is 1.34. The van der Waals surface area contributed by atoms with E-state index in [2.05, 4.69) is 0 Å². The highest BCUT2D eigenvalue weighted by molar-refractivity contribution is 6.22. The number of fused-ring (bicyclic) bond motifs is 1. The van der Waals surface area contributed by atoms with E-state index in [-0.39, 0.29) is 0 Å². The van der Waals surface area contributed by atoms with Gasteiger partial charge in [0.25, 0.3) is 6.43 Å². The van der Waals surface area contributed by atoms with Crippen molar-refractivity contribution in [2.24, 2.45) is 0 Å². The summed E-state index contributed by atoms with van der Waals surface area (Å²) < 4.78 is 25.4. The summed E-state index contributed by atoms with van der Waals surface area (Å²) in [7, 11) is 0. The molecule has 2 rings (SSSR count). The third kappa shape index (κ3) is 1.90. The van der Waals surface area contributed by atoms with Gasteiger partial charge in [0.1, 0.15) is 5.38 Å². The van der Waals surface area contributed by atoms with Crippen molar-refractivity contribution in [3.63, 3.8) is 0 Å². The number of rotatable bonds is 2. The highest BCUT2D eigenvalue weighted by Crippen LogP contribution is 2.35. The number of aryl methyl sites for hydroxylation is 1. The van der Waals surface area contributed by atoms with E-state index in [1.54, 1.807) is 6.92 Å². The second kappa shape index (κ2) is 4.38. The Morgan fingerprint density at radius 1 is 1.06 bits per heavy atom. The molecule has 16 heavy (non-hydrogen) atoms. The molecule has 84 valence electrons. The minimum atomic E-state index is -2.55. The van der Waals surface area contributed by atoms with Gasteiger partial charge in [0.2, 0.25) is 0 Å². The summed E-state index contributed by atoms with van der Waals surface area (Å²) in [6.45, 7) is 1.81. The van der Waals surface area contributed by atoms with Gasteiger partial charge in [-0.05, 0) is 28.8 Å². The average Bonchev–Trinajstić information content (AvgIpc) is 2.28. The largest absolute Gasteiger partial charge is 0.258 e. The molecule has 0 N–H and O–H groups in total. The summed E-state index contributed by atoms with van der Waals surface area (Å²) in [6.07, 6.45) is -2.55. The highest BCUT2D eigenvalue weighted by atomic mass is 35.5. The van der Waals surface area contributed by atoms with Crippen LogP contribution in [0.4, 0.5) is 8.78 Å². The molecule has 0 radical (unpaired) electrons. The minimum absolute atomic E-state index is 0.537. The van der Waals surface area contributed by atoms with Crippen molar-refractivity contribution in [2.75, 3.05) is 0 Å². The van der Waals surface area contributed by atoms with Crippen molar-refractivity contribution in [1.82, 2.24) is 0 Å². The zero-order valence-corrected chi connectivity index (χ0v) is 9.51. The normalized spacial score (nSPS) is 13.3. The van der Waals surface area contributed by atoms with Crippen LogP contribution in [0.25, 0.3) is 10.8 Å². The van der Waals surface area contributed by atoms with Crippen LogP contribution in [0.1, 0.15) is 16.5 Å². The Morgan fingerprint density at radius 2 is 1.75 bits per heavy atom. The Kier molecular flexibility index (Phi) is 3.10. The van der Waals surface area contributed by atoms with E-state index >= 15 is 0 Å². The Balaban J connectivity index is 2.70. The number of benzene rings is 2. The van der Waals surface area contributed by atoms with Gasteiger partial charge in [-0.3, -0.25) is 0 Å². The molecule has 0 aromatic heterocycles. The molecule has 0 aliphatic heterocycles. The maximum Gasteiger partial charge on any atom is 0.258 e. The van der Waals surface area contributed by atoms with Gasteiger partial charge in [-0.1, -0.05) is 36.4 Å². The first-order chi connectivity index (χ1) is 7.61. The smallest absolute Gasteiger partial charge is 0.208 e. The van der Waals surface area contributed by atoms with Gasteiger partial charge < -0.3 is 0 Å². The molecule has 0 saturated carbocycles. The zero-order chi connectivity index (χ0) is 11.7. The maximum atomic E-state index is 12.7. The second-order valence-electron chi connectivity index (χ2n) is 3.75. The molecular weight excluding hydrogens is 230 g/mol. The topological polar surface area (TPSA) is 0 Å². The van der Waals surface area contributed by atoms with Crippen molar-refractivity contribution in [3.8, 4) is 0 Å². The van der Waals surface area contributed by atoms with Crippen LogP contribution >= 0.6 is 11.6 Å². The maximum absolute atomic E-state index is 12.7. The van der Waals surface area contributed by atoms with Crippen molar-refractivity contribution >= 4 is 22.4 Å². The lowest BCUT2D eigenvalue weighted by atomic mass is 9.97. The summed E-state index contributed by atoms with van der Waals surface area (Å²) >= 11 is 5.78. The molecule has 1 unspecified atom stereocenters. The van der Waals surface area contributed by atoms with E-state index in [1.807, 2.05) is 36.4 Å². The Hall–Kier alpha value is -1.15. The molecule has 0 nitrogen and oxygen atoms in total.